The molecule has 0 radical (unpaired) electrons. The maximum Gasteiger partial charge on any atom is 0.243 e. The fourth-order valence-electron chi connectivity index (χ4n) is 4.95. The van der Waals surface area contributed by atoms with E-state index in [9.17, 15) is 13.6 Å². The molecule has 0 spiro atoms. The van der Waals surface area contributed by atoms with Gasteiger partial charge in [0.05, 0.1) is 18.0 Å². The molecule has 0 saturated heterocycles. The first-order chi connectivity index (χ1) is 16.6. The van der Waals surface area contributed by atoms with Crippen molar-refractivity contribution in [2.45, 2.75) is 51.1 Å². The van der Waals surface area contributed by atoms with Gasteiger partial charge >= 0.3 is 0 Å². The summed E-state index contributed by atoms with van der Waals surface area (Å²) in [6.45, 7) is 6.33. The maximum atomic E-state index is 13.6. The standard InChI is InChI=1S/C28H33BrN2O3S/c1-22-17-23(2)19-24(18-22)20-30(35(33,34)28-11-9-27(29)10-12-28)14-5-6-15-31(32)16-13-25-7-3-4-8-26(25)21-31/h3-4,7-12,17-19H,5-6,13-16,20-21H2,1-2H3. The molecule has 4 rings (SSSR count). The predicted molar refractivity (Wildman–Crippen MR) is 144 cm³/mol. The number of sulfonamides is 1. The lowest BCUT2D eigenvalue weighted by Gasteiger charge is -2.46. The Labute approximate surface area is 217 Å². The topological polar surface area (TPSA) is 60.4 Å². The zero-order chi connectivity index (χ0) is 25.1. The van der Waals surface area contributed by atoms with Crippen molar-refractivity contribution in [2.24, 2.45) is 0 Å². The molecule has 1 aliphatic heterocycles. The van der Waals surface area contributed by atoms with E-state index in [0.717, 1.165) is 33.1 Å². The number of nitrogens with zero attached hydrogens (tertiary/aromatic N) is 2. The van der Waals surface area contributed by atoms with Crippen LogP contribution in [0.5, 0.6) is 0 Å². The number of benzene rings is 3. The van der Waals surface area contributed by atoms with Gasteiger partial charge in [0.25, 0.3) is 0 Å². The Bertz CT molecular complexity index is 1260. The highest BCUT2D eigenvalue weighted by atomic mass is 79.9. The summed E-state index contributed by atoms with van der Waals surface area (Å²) in [5.74, 6) is 0. The fourth-order valence-corrected chi connectivity index (χ4v) is 6.68. The second kappa shape index (κ2) is 10.9. The number of quaternary nitrogens is 1. The fraction of sp³-hybridized carbons (Fsp3) is 0.357. The zero-order valence-electron chi connectivity index (χ0n) is 20.4. The second-order valence-electron chi connectivity index (χ2n) is 9.68. The lowest BCUT2D eigenvalue weighted by atomic mass is 9.99. The summed E-state index contributed by atoms with van der Waals surface area (Å²) in [5.41, 5.74) is 5.62. The Kier molecular flexibility index (Phi) is 8.13. The Balaban J connectivity index is 1.46. The molecule has 186 valence electrons. The highest BCUT2D eigenvalue weighted by molar-refractivity contribution is 9.10. The molecule has 1 aliphatic rings. The van der Waals surface area contributed by atoms with E-state index in [2.05, 4.69) is 34.1 Å². The molecule has 5 nitrogen and oxygen atoms in total. The normalized spacial score (nSPS) is 18.0. The minimum atomic E-state index is -3.67. The van der Waals surface area contributed by atoms with Crippen molar-refractivity contribution in [1.82, 2.24) is 4.31 Å². The molecule has 0 N–H and O–H groups in total. The molecule has 1 heterocycles. The third kappa shape index (κ3) is 6.60. The number of halogens is 1. The molecule has 35 heavy (non-hydrogen) atoms. The van der Waals surface area contributed by atoms with Gasteiger partial charge in [-0.2, -0.15) is 4.31 Å². The van der Waals surface area contributed by atoms with Crippen LogP contribution in [-0.4, -0.2) is 37.0 Å². The van der Waals surface area contributed by atoms with Gasteiger partial charge in [-0.25, -0.2) is 8.42 Å². The second-order valence-corrected chi connectivity index (χ2v) is 12.5. The van der Waals surface area contributed by atoms with Crippen LogP contribution in [0.2, 0.25) is 0 Å². The molecule has 7 heteroatoms. The van der Waals surface area contributed by atoms with E-state index >= 15 is 0 Å². The quantitative estimate of drug-likeness (QED) is 0.181. The Morgan fingerprint density at radius 2 is 1.60 bits per heavy atom. The minimum Gasteiger partial charge on any atom is -0.633 e. The van der Waals surface area contributed by atoms with Gasteiger partial charge in [0.1, 0.15) is 6.54 Å². The summed E-state index contributed by atoms with van der Waals surface area (Å²) in [7, 11) is -3.67. The monoisotopic (exact) mass is 556 g/mol. The maximum absolute atomic E-state index is 13.6. The van der Waals surface area contributed by atoms with Crippen molar-refractivity contribution in [2.75, 3.05) is 19.6 Å². The van der Waals surface area contributed by atoms with Crippen molar-refractivity contribution in [3.63, 3.8) is 0 Å². The van der Waals surface area contributed by atoms with Crippen LogP contribution in [0.25, 0.3) is 0 Å². The largest absolute Gasteiger partial charge is 0.633 e. The van der Waals surface area contributed by atoms with Crippen LogP contribution in [0, 0.1) is 19.1 Å². The van der Waals surface area contributed by atoms with Gasteiger partial charge in [0.15, 0.2) is 0 Å². The Morgan fingerprint density at radius 1 is 0.943 bits per heavy atom. The van der Waals surface area contributed by atoms with Crippen molar-refractivity contribution in [3.8, 4) is 0 Å². The molecule has 1 atom stereocenters. The average molecular weight is 558 g/mol. The van der Waals surface area contributed by atoms with Crippen LogP contribution >= 0.6 is 15.9 Å². The van der Waals surface area contributed by atoms with Gasteiger partial charge in [-0.1, -0.05) is 69.5 Å². The molecule has 0 bridgehead atoms. The molecule has 0 saturated carbocycles. The van der Waals surface area contributed by atoms with Crippen LogP contribution in [0.1, 0.15) is 40.7 Å². The molecule has 0 aromatic heterocycles. The summed E-state index contributed by atoms with van der Waals surface area (Å²) < 4.78 is 29.3. The zero-order valence-corrected chi connectivity index (χ0v) is 22.8. The van der Waals surface area contributed by atoms with E-state index in [-0.39, 0.29) is 9.54 Å². The first kappa shape index (κ1) is 26.0. The lowest BCUT2D eigenvalue weighted by Crippen LogP contribution is -2.46. The van der Waals surface area contributed by atoms with Gasteiger partial charge in [0, 0.05) is 29.5 Å². The molecular weight excluding hydrogens is 524 g/mol. The molecule has 3 aromatic rings. The average Bonchev–Trinajstić information content (AvgIpc) is 2.80. The van der Waals surface area contributed by atoms with Gasteiger partial charge in [0.2, 0.25) is 10.0 Å². The summed E-state index contributed by atoms with van der Waals surface area (Å²) in [6, 6.07) is 21.1. The summed E-state index contributed by atoms with van der Waals surface area (Å²) in [4.78, 5) is 0.282. The molecule has 3 aromatic carbocycles. The van der Waals surface area contributed by atoms with Gasteiger partial charge in [-0.15, -0.1) is 0 Å². The molecular formula is C28H33BrN2O3S. The molecule has 0 aliphatic carbocycles. The number of hydroxylamine groups is 3. The molecule has 1 unspecified atom stereocenters. The number of hydrogen-bond acceptors (Lipinski definition) is 3. The molecule has 0 fully saturated rings. The van der Waals surface area contributed by atoms with Crippen molar-refractivity contribution < 1.29 is 13.1 Å². The van der Waals surface area contributed by atoms with Gasteiger partial charge < -0.3 is 9.85 Å². The van der Waals surface area contributed by atoms with Crippen LogP contribution in [0.15, 0.2) is 76.1 Å². The summed E-state index contributed by atoms with van der Waals surface area (Å²) >= 11 is 3.38. The summed E-state index contributed by atoms with van der Waals surface area (Å²) in [5, 5.41) is 13.3. The van der Waals surface area contributed by atoms with Crippen LogP contribution < -0.4 is 0 Å². The number of aryl methyl sites for hydroxylation is 2. The highest BCUT2D eigenvalue weighted by Gasteiger charge is 2.27. The summed E-state index contributed by atoms with van der Waals surface area (Å²) in [6.07, 6.45) is 2.13. The van der Waals surface area contributed by atoms with E-state index in [4.69, 9.17) is 0 Å². The van der Waals surface area contributed by atoms with Crippen LogP contribution in [-0.2, 0) is 29.5 Å². The predicted octanol–water partition coefficient (Wildman–Crippen LogP) is 6.11. The van der Waals surface area contributed by atoms with Gasteiger partial charge in [-0.3, -0.25) is 0 Å². The first-order valence-electron chi connectivity index (χ1n) is 12.1. The third-order valence-corrected chi connectivity index (χ3v) is 9.07. The minimum absolute atomic E-state index is 0.229. The van der Waals surface area contributed by atoms with E-state index in [1.54, 1.807) is 28.6 Å². The first-order valence-corrected chi connectivity index (χ1v) is 14.3. The lowest BCUT2D eigenvalue weighted by molar-refractivity contribution is -0.896. The molecule has 0 amide bonds. The smallest absolute Gasteiger partial charge is 0.243 e. The Hall–Kier alpha value is -2.03. The number of unbranched alkanes of at least 4 members (excludes halogenated alkanes) is 1. The van der Waals surface area contributed by atoms with Crippen LogP contribution in [0.3, 0.4) is 0 Å². The van der Waals surface area contributed by atoms with E-state index < -0.39 is 10.0 Å². The number of rotatable bonds is 9. The third-order valence-electron chi connectivity index (χ3n) is 6.68. The van der Waals surface area contributed by atoms with Crippen molar-refractivity contribution in [3.05, 3.63) is 104 Å². The Morgan fingerprint density at radius 3 is 2.29 bits per heavy atom. The number of fused-ring (bicyclic) bond motifs is 1. The van der Waals surface area contributed by atoms with E-state index in [1.807, 2.05) is 38.1 Å². The van der Waals surface area contributed by atoms with E-state index in [1.165, 1.54) is 5.56 Å². The van der Waals surface area contributed by atoms with Gasteiger partial charge in [-0.05, 0) is 62.1 Å². The van der Waals surface area contributed by atoms with Crippen LogP contribution in [0.4, 0.5) is 0 Å². The van der Waals surface area contributed by atoms with Crippen molar-refractivity contribution in [1.29, 1.82) is 0 Å². The highest BCUT2D eigenvalue weighted by Crippen LogP contribution is 2.26. The number of hydrogen-bond donors (Lipinski definition) is 0. The SMILES string of the molecule is Cc1cc(C)cc(CN(CCCC[N+]2([O-])CCc3ccccc3C2)S(=O)(=O)c2ccc(Br)cc2)c1. The van der Waals surface area contributed by atoms with Crippen molar-refractivity contribution >= 4 is 26.0 Å². The van der Waals surface area contributed by atoms with E-state index in [0.29, 0.717) is 45.6 Å².